The molecule has 0 bridgehead atoms. The number of nitrogens with zero attached hydrogens (tertiary/aromatic N) is 1. The van der Waals surface area contributed by atoms with Crippen LogP contribution < -0.4 is 5.32 Å². The molecule has 1 aromatic heterocycles. The Kier molecular flexibility index (Phi) is 4.06. The van der Waals surface area contributed by atoms with Gasteiger partial charge in [-0.1, -0.05) is 12.1 Å². The monoisotopic (exact) mass is 314 g/mol. The maximum Gasteiger partial charge on any atom is 0.339 e. The van der Waals surface area contributed by atoms with E-state index < -0.39 is 5.97 Å². The van der Waals surface area contributed by atoms with E-state index in [1.54, 1.807) is 6.07 Å². The van der Waals surface area contributed by atoms with E-state index in [0.717, 1.165) is 5.56 Å². The van der Waals surface area contributed by atoms with Crippen LogP contribution in [0.2, 0.25) is 0 Å². The number of nitrogens with one attached hydrogen (secondary N) is 1. The van der Waals surface area contributed by atoms with Crippen molar-refractivity contribution in [2.24, 2.45) is 0 Å². The van der Waals surface area contributed by atoms with Gasteiger partial charge in [0.25, 0.3) is 5.91 Å². The van der Waals surface area contributed by atoms with Crippen LogP contribution in [0.1, 0.15) is 44.3 Å². The molecular weight excluding hydrogens is 299 g/mol. The summed E-state index contributed by atoms with van der Waals surface area (Å²) in [6, 6.07) is 6.06. The van der Waals surface area contributed by atoms with E-state index in [1.807, 2.05) is 6.07 Å². The lowest BCUT2D eigenvalue weighted by Gasteiger charge is -2.14. The van der Waals surface area contributed by atoms with Gasteiger partial charge >= 0.3 is 5.97 Å². The van der Waals surface area contributed by atoms with E-state index in [-0.39, 0.29) is 28.9 Å². The molecule has 1 aliphatic rings. The fourth-order valence-corrected chi connectivity index (χ4v) is 2.79. The highest BCUT2D eigenvalue weighted by molar-refractivity contribution is 5.97. The first kappa shape index (κ1) is 15.1. The van der Waals surface area contributed by atoms with Crippen molar-refractivity contribution in [1.82, 2.24) is 10.3 Å². The predicted molar refractivity (Wildman–Crippen MR) is 80.5 cm³/mol. The summed E-state index contributed by atoms with van der Waals surface area (Å²) in [5.41, 5.74) is 1.92. The van der Waals surface area contributed by atoms with Crippen LogP contribution in [0.3, 0.4) is 0 Å². The largest absolute Gasteiger partial charge is 0.465 e. The maximum atomic E-state index is 13.7. The van der Waals surface area contributed by atoms with Crippen molar-refractivity contribution in [3.63, 3.8) is 0 Å². The zero-order valence-electron chi connectivity index (χ0n) is 12.5. The van der Waals surface area contributed by atoms with Gasteiger partial charge in [0.15, 0.2) is 0 Å². The summed E-state index contributed by atoms with van der Waals surface area (Å²) in [6.07, 6.45) is 3.95. The minimum Gasteiger partial charge on any atom is -0.465 e. The third-order valence-electron chi connectivity index (χ3n) is 3.94. The normalized spacial score (nSPS) is 15.8. The molecule has 0 saturated carbocycles. The first-order valence-electron chi connectivity index (χ1n) is 7.21. The molecule has 1 N–H and O–H groups in total. The highest BCUT2D eigenvalue weighted by Gasteiger charge is 2.26. The average Bonchev–Trinajstić information content (AvgIpc) is 2.98. The molecule has 6 heteroatoms. The molecule has 1 amide bonds. The number of hydrogen-bond donors (Lipinski definition) is 1. The smallest absolute Gasteiger partial charge is 0.339 e. The van der Waals surface area contributed by atoms with Crippen molar-refractivity contribution < 1.29 is 18.7 Å². The second-order valence-corrected chi connectivity index (χ2v) is 5.33. The lowest BCUT2D eigenvalue weighted by Crippen LogP contribution is -2.27. The van der Waals surface area contributed by atoms with E-state index >= 15 is 0 Å². The van der Waals surface area contributed by atoms with Gasteiger partial charge in [0, 0.05) is 12.4 Å². The summed E-state index contributed by atoms with van der Waals surface area (Å²) < 4.78 is 18.3. The average molecular weight is 314 g/mol. The molecule has 1 aromatic carbocycles. The summed E-state index contributed by atoms with van der Waals surface area (Å²) in [5, 5.41) is 2.87. The Bertz CT molecular complexity index is 776. The highest BCUT2D eigenvalue weighted by Crippen LogP contribution is 2.32. The van der Waals surface area contributed by atoms with Crippen LogP contribution >= 0.6 is 0 Å². The molecule has 3 rings (SSSR count). The molecular formula is C17H15FN2O3. The van der Waals surface area contributed by atoms with Crippen molar-refractivity contribution in [2.45, 2.75) is 18.9 Å². The minimum atomic E-state index is -0.555. The number of fused-ring (bicyclic) bond motifs is 1. The second kappa shape index (κ2) is 6.16. The molecule has 1 aliphatic carbocycles. The van der Waals surface area contributed by atoms with Crippen molar-refractivity contribution in [3.05, 3.63) is 64.7 Å². The number of halogens is 1. The van der Waals surface area contributed by atoms with Crippen molar-refractivity contribution in [2.75, 3.05) is 7.11 Å². The summed E-state index contributed by atoms with van der Waals surface area (Å²) in [4.78, 5) is 27.7. The van der Waals surface area contributed by atoms with Gasteiger partial charge < -0.3 is 10.1 Å². The zero-order valence-corrected chi connectivity index (χ0v) is 12.5. The van der Waals surface area contributed by atoms with Gasteiger partial charge in [0.05, 0.1) is 24.3 Å². The third-order valence-corrected chi connectivity index (χ3v) is 3.94. The molecule has 0 spiro atoms. The Balaban J connectivity index is 1.79. The number of methoxy groups -OCH3 is 1. The van der Waals surface area contributed by atoms with Gasteiger partial charge in [-0.3, -0.25) is 9.78 Å². The number of benzene rings is 1. The number of hydrogen-bond acceptors (Lipinski definition) is 4. The van der Waals surface area contributed by atoms with Crippen LogP contribution in [0, 0.1) is 5.82 Å². The number of ether oxygens (including phenoxy) is 1. The molecule has 0 aliphatic heterocycles. The van der Waals surface area contributed by atoms with Crippen molar-refractivity contribution in [3.8, 4) is 0 Å². The number of esters is 1. The molecule has 23 heavy (non-hydrogen) atoms. The SMILES string of the molecule is COC(=O)c1cncc(C(=O)N[C@H]2CCc3c(F)cccc32)c1. The molecule has 0 fully saturated rings. The molecule has 1 atom stereocenters. The number of amides is 1. The van der Waals surface area contributed by atoms with Crippen LogP contribution in [0.25, 0.3) is 0 Å². The molecule has 0 saturated heterocycles. The summed E-state index contributed by atoms with van der Waals surface area (Å²) >= 11 is 0. The van der Waals surface area contributed by atoms with Gasteiger partial charge in [-0.2, -0.15) is 0 Å². The summed E-state index contributed by atoms with van der Waals surface area (Å²) in [7, 11) is 1.26. The van der Waals surface area contributed by atoms with Gasteiger partial charge in [0.1, 0.15) is 5.82 Å². The Morgan fingerprint density at radius 3 is 2.87 bits per heavy atom. The molecule has 0 unspecified atom stereocenters. The Hall–Kier alpha value is -2.76. The molecule has 1 heterocycles. The van der Waals surface area contributed by atoms with Crippen molar-refractivity contribution in [1.29, 1.82) is 0 Å². The number of carbonyl (C=O) groups excluding carboxylic acids is 2. The van der Waals surface area contributed by atoms with Crippen LogP contribution in [0.15, 0.2) is 36.7 Å². The quantitative estimate of drug-likeness (QED) is 0.884. The van der Waals surface area contributed by atoms with Gasteiger partial charge in [-0.25, -0.2) is 9.18 Å². The fourth-order valence-electron chi connectivity index (χ4n) is 2.79. The van der Waals surface area contributed by atoms with E-state index in [2.05, 4.69) is 15.0 Å². The van der Waals surface area contributed by atoms with Gasteiger partial charge in [0.2, 0.25) is 0 Å². The number of aromatic nitrogens is 1. The molecule has 0 radical (unpaired) electrons. The predicted octanol–water partition coefficient (Wildman–Crippen LogP) is 2.42. The van der Waals surface area contributed by atoms with Gasteiger partial charge in [-0.15, -0.1) is 0 Å². The van der Waals surface area contributed by atoms with E-state index in [1.165, 1.54) is 31.6 Å². The number of pyridine rings is 1. The molecule has 2 aromatic rings. The Morgan fingerprint density at radius 1 is 1.30 bits per heavy atom. The summed E-state index contributed by atoms with van der Waals surface area (Å²) in [6.45, 7) is 0. The summed E-state index contributed by atoms with van der Waals surface area (Å²) in [5.74, 6) is -1.15. The Labute approximate surface area is 132 Å². The lowest BCUT2D eigenvalue weighted by molar-refractivity contribution is 0.0600. The van der Waals surface area contributed by atoms with Gasteiger partial charge in [-0.05, 0) is 36.1 Å². The molecule has 5 nitrogen and oxygen atoms in total. The van der Waals surface area contributed by atoms with E-state index in [4.69, 9.17) is 0 Å². The highest BCUT2D eigenvalue weighted by atomic mass is 19.1. The standard InChI is InChI=1S/C17H15FN2O3/c1-23-17(22)11-7-10(8-19-9-11)16(21)20-15-6-5-12-13(15)3-2-4-14(12)18/h2-4,7-9,15H,5-6H2,1H3,(H,20,21)/t15-/m0/s1. The van der Waals surface area contributed by atoms with Crippen LogP contribution in [0.5, 0.6) is 0 Å². The first-order valence-corrected chi connectivity index (χ1v) is 7.21. The maximum absolute atomic E-state index is 13.7. The number of rotatable bonds is 3. The number of carbonyl (C=O) groups is 2. The van der Waals surface area contributed by atoms with Crippen LogP contribution in [0.4, 0.5) is 4.39 Å². The lowest BCUT2D eigenvalue weighted by atomic mass is 10.1. The Morgan fingerprint density at radius 2 is 2.09 bits per heavy atom. The first-order chi connectivity index (χ1) is 11.1. The topological polar surface area (TPSA) is 68.3 Å². The van der Waals surface area contributed by atoms with Crippen molar-refractivity contribution >= 4 is 11.9 Å². The van der Waals surface area contributed by atoms with Crippen LogP contribution in [-0.4, -0.2) is 24.0 Å². The van der Waals surface area contributed by atoms with E-state index in [9.17, 15) is 14.0 Å². The molecule has 118 valence electrons. The second-order valence-electron chi connectivity index (χ2n) is 5.33. The zero-order chi connectivity index (χ0) is 16.4. The van der Waals surface area contributed by atoms with Crippen LogP contribution in [-0.2, 0) is 11.2 Å². The van der Waals surface area contributed by atoms with E-state index in [0.29, 0.717) is 18.4 Å². The fraction of sp³-hybridized carbons (Fsp3) is 0.235. The minimum absolute atomic E-state index is 0.206. The third kappa shape index (κ3) is 2.92.